The van der Waals surface area contributed by atoms with Gasteiger partial charge in [-0.1, -0.05) is 51.1 Å². The van der Waals surface area contributed by atoms with E-state index in [4.69, 9.17) is 5.73 Å². The summed E-state index contributed by atoms with van der Waals surface area (Å²) in [6.07, 6.45) is 2.62. The van der Waals surface area contributed by atoms with Crippen molar-refractivity contribution in [3.8, 4) is 0 Å². The second-order valence-electron chi connectivity index (χ2n) is 7.39. The van der Waals surface area contributed by atoms with Gasteiger partial charge in [-0.2, -0.15) is 0 Å². The summed E-state index contributed by atoms with van der Waals surface area (Å²) in [5.74, 6) is 2.94. The Bertz CT molecular complexity index is 521. The monoisotopic (exact) mass is 285 g/mol. The Labute approximate surface area is 128 Å². The van der Waals surface area contributed by atoms with E-state index in [2.05, 4.69) is 43.2 Å². The first-order valence-corrected chi connectivity index (χ1v) is 8.09. The number of nitrogens with two attached hydrogens (primary N) is 1. The molecule has 21 heavy (non-hydrogen) atoms. The van der Waals surface area contributed by atoms with E-state index in [9.17, 15) is 0 Å². The second kappa shape index (κ2) is 5.36. The average Bonchev–Trinajstić information content (AvgIpc) is 2.47. The molecule has 1 aromatic rings. The molecule has 0 aromatic heterocycles. The lowest BCUT2D eigenvalue weighted by molar-refractivity contribution is -0.112. The molecule has 3 heteroatoms. The number of hydrogen-bond donors (Lipinski definition) is 2. The van der Waals surface area contributed by atoms with Gasteiger partial charge in [-0.25, -0.2) is 4.99 Å². The fourth-order valence-electron chi connectivity index (χ4n) is 4.34. The summed E-state index contributed by atoms with van der Waals surface area (Å²) in [5, 5.41) is 3.47. The minimum Gasteiger partial charge on any atom is -0.370 e. The van der Waals surface area contributed by atoms with Crippen molar-refractivity contribution < 1.29 is 0 Å². The van der Waals surface area contributed by atoms with Gasteiger partial charge < -0.3 is 11.1 Å². The smallest absolute Gasteiger partial charge is 0.189 e. The zero-order chi connectivity index (χ0) is 15.0. The zero-order valence-corrected chi connectivity index (χ0v) is 13.3. The third-order valence-electron chi connectivity index (χ3n) is 5.96. The molecule has 114 valence electrons. The van der Waals surface area contributed by atoms with Crippen LogP contribution in [0, 0.1) is 23.2 Å². The lowest BCUT2D eigenvalue weighted by atomic mass is 9.45. The maximum absolute atomic E-state index is 6.08. The molecule has 2 bridgehead atoms. The van der Waals surface area contributed by atoms with Crippen molar-refractivity contribution in [1.29, 1.82) is 0 Å². The summed E-state index contributed by atoms with van der Waals surface area (Å²) in [6.45, 7) is 7.86. The Morgan fingerprint density at radius 3 is 2.62 bits per heavy atom. The Hall–Kier alpha value is -1.51. The highest BCUT2D eigenvalue weighted by molar-refractivity contribution is 5.78. The molecule has 3 aliphatic rings. The van der Waals surface area contributed by atoms with Gasteiger partial charge in [0, 0.05) is 6.04 Å². The average molecular weight is 285 g/mol. The molecule has 0 spiro atoms. The first-order valence-electron chi connectivity index (χ1n) is 8.09. The minimum atomic E-state index is 0.487. The summed E-state index contributed by atoms with van der Waals surface area (Å²) in [6, 6.07) is 10.7. The van der Waals surface area contributed by atoms with E-state index >= 15 is 0 Å². The van der Waals surface area contributed by atoms with E-state index in [1.54, 1.807) is 0 Å². The van der Waals surface area contributed by atoms with Crippen LogP contribution in [0.15, 0.2) is 35.3 Å². The van der Waals surface area contributed by atoms with Gasteiger partial charge in [-0.3, -0.25) is 0 Å². The summed E-state index contributed by atoms with van der Waals surface area (Å²) in [5.41, 5.74) is 7.80. The van der Waals surface area contributed by atoms with Crippen LogP contribution in [0.5, 0.6) is 0 Å². The van der Waals surface area contributed by atoms with Gasteiger partial charge in [0.2, 0.25) is 0 Å². The van der Waals surface area contributed by atoms with Crippen molar-refractivity contribution in [2.75, 3.05) is 0 Å². The molecule has 0 aliphatic heterocycles. The van der Waals surface area contributed by atoms with Gasteiger partial charge in [0.1, 0.15) is 0 Å². The molecule has 3 aliphatic carbocycles. The Morgan fingerprint density at radius 2 is 2.00 bits per heavy atom. The minimum absolute atomic E-state index is 0.487. The normalized spacial score (nSPS) is 34.1. The molecule has 4 atom stereocenters. The highest BCUT2D eigenvalue weighted by atomic mass is 15.1. The molecule has 0 amide bonds. The summed E-state index contributed by atoms with van der Waals surface area (Å²) >= 11 is 0. The van der Waals surface area contributed by atoms with Gasteiger partial charge >= 0.3 is 0 Å². The number of guanidine groups is 1. The highest BCUT2D eigenvalue weighted by Crippen LogP contribution is 2.61. The van der Waals surface area contributed by atoms with Gasteiger partial charge in [-0.05, 0) is 41.6 Å². The highest BCUT2D eigenvalue weighted by Gasteiger charge is 2.56. The second-order valence-corrected chi connectivity index (χ2v) is 7.39. The van der Waals surface area contributed by atoms with Gasteiger partial charge in [0.15, 0.2) is 5.96 Å². The number of hydrogen-bond acceptors (Lipinski definition) is 1. The quantitative estimate of drug-likeness (QED) is 0.662. The molecule has 1 aromatic carbocycles. The zero-order valence-electron chi connectivity index (χ0n) is 13.3. The molecule has 3 N–H and O–H groups in total. The number of nitrogens with one attached hydrogen (secondary N) is 1. The first-order chi connectivity index (χ1) is 9.98. The predicted molar refractivity (Wildman–Crippen MR) is 87.9 cm³/mol. The lowest BCUT2D eigenvalue weighted by Gasteiger charge is -2.62. The maximum Gasteiger partial charge on any atom is 0.189 e. The van der Waals surface area contributed by atoms with Crippen LogP contribution < -0.4 is 11.1 Å². The molecule has 3 nitrogen and oxygen atoms in total. The molecule has 0 radical (unpaired) electrons. The fraction of sp³-hybridized carbons (Fsp3) is 0.611. The van der Waals surface area contributed by atoms with E-state index in [0.29, 0.717) is 29.9 Å². The van der Waals surface area contributed by atoms with Crippen LogP contribution in [0.1, 0.15) is 39.2 Å². The topological polar surface area (TPSA) is 50.4 Å². The van der Waals surface area contributed by atoms with Crippen LogP contribution in [-0.4, -0.2) is 12.0 Å². The molecule has 0 saturated heterocycles. The maximum atomic E-state index is 6.08. The molecule has 0 heterocycles. The molecular formula is C18H27N3. The number of fused-ring (bicyclic) bond motifs is 2. The van der Waals surface area contributed by atoms with E-state index in [-0.39, 0.29) is 0 Å². The van der Waals surface area contributed by atoms with E-state index < -0.39 is 0 Å². The summed E-state index contributed by atoms with van der Waals surface area (Å²) < 4.78 is 0. The van der Waals surface area contributed by atoms with Gasteiger partial charge in [0.05, 0.1) is 6.54 Å². The standard InChI is InChI=1S/C18H27N3/c1-12-15-9-14(18(15,2)3)10-16(12)21-17(19)20-11-13-7-5-4-6-8-13/h4-8,12,14-16H,9-11H2,1-3H3,(H3,19,20,21)/t12-,14+,15-,16?/m0/s1. The van der Waals surface area contributed by atoms with Crippen molar-refractivity contribution in [3.05, 3.63) is 35.9 Å². The molecule has 4 rings (SSSR count). The molecule has 3 fully saturated rings. The van der Waals surface area contributed by atoms with Crippen molar-refractivity contribution in [2.24, 2.45) is 33.9 Å². The van der Waals surface area contributed by atoms with Crippen LogP contribution in [0.3, 0.4) is 0 Å². The number of rotatable bonds is 3. The number of benzene rings is 1. The van der Waals surface area contributed by atoms with Crippen molar-refractivity contribution in [1.82, 2.24) is 5.32 Å². The lowest BCUT2D eigenvalue weighted by Crippen LogP contribution is -2.61. The molecule has 1 unspecified atom stereocenters. The van der Waals surface area contributed by atoms with Gasteiger partial charge in [-0.15, -0.1) is 0 Å². The third kappa shape index (κ3) is 2.66. The van der Waals surface area contributed by atoms with Gasteiger partial charge in [0.25, 0.3) is 0 Å². The van der Waals surface area contributed by atoms with Crippen LogP contribution in [0.4, 0.5) is 0 Å². The van der Waals surface area contributed by atoms with Crippen LogP contribution in [0.25, 0.3) is 0 Å². The Balaban J connectivity index is 1.57. The predicted octanol–water partition coefficient (Wildman–Crippen LogP) is 3.16. The van der Waals surface area contributed by atoms with Crippen LogP contribution in [0.2, 0.25) is 0 Å². The molecular weight excluding hydrogens is 258 g/mol. The van der Waals surface area contributed by atoms with Crippen LogP contribution >= 0.6 is 0 Å². The van der Waals surface area contributed by atoms with E-state index in [1.165, 1.54) is 18.4 Å². The number of nitrogens with zero attached hydrogens (tertiary/aromatic N) is 1. The van der Waals surface area contributed by atoms with Crippen molar-refractivity contribution in [3.63, 3.8) is 0 Å². The first kappa shape index (κ1) is 14.4. The number of aliphatic imine (C=N–C) groups is 1. The SMILES string of the molecule is C[C@@H]1C(NC(N)=NCc2ccccc2)C[C@H]2C[C@@H]1C2(C)C. The molecule has 3 saturated carbocycles. The van der Waals surface area contributed by atoms with E-state index in [0.717, 1.165) is 11.8 Å². The summed E-state index contributed by atoms with van der Waals surface area (Å²) in [7, 11) is 0. The fourth-order valence-corrected chi connectivity index (χ4v) is 4.34. The Morgan fingerprint density at radius 1 is 1.29 bits per heavy atom. The largest absolute Gasteiger partial charge is 0.370 e. The van der Waals surface area contributed by atoms with Crippen molar-refractivity contribution >= 4 is 5.96 Å². The third-order valence-corrected chi connectivity index (χ3v) is 5.96. The summed E-state index contributed by atoms with van der Waals surface area (Å²) in [4.78, 5) is 4.48. The van der Waals surface area contributed by atoms with Crippen molar-refractivity contribution in [2.45, 2.75) is 46.2 Å². The van der Waals surface area contributed by atoms with Crippen LogP contribution in [-0.2, 0) is 6.54 Å². The Kier molecular flexibility index (Phi) is 3.68. The van der Waals surface area contributed by atoms with E-state index in [1.807, 2.05) is 18.2 Å².